The van der Waals surface area contributed by atoms with Crippen LogP contribution in [0.2, 0.25) is 10.0 Å². The summed E-state index contributed by atoms with van der Waals surface area (Å²) >= 11 is 12.1. The Labute approximate surface area is 187 Å². The van der Waals surface area contributed by atoms with Gasteiger partial charge in [0.2, 0.25) is 5.91 Å². The Bertz CT molecular complexity index is 850. The standard InChI is InChI=1S/C23H28Cl2N2O3/c1-15-13-23(30-22(15)29)8-7-19(27-9-3-4-10-27)20(14-23)26(2)21(28)12-16-5-6-17(24)18(25)11-16/h5-6,11,19-20H,1,3-4,7-10,12-14H2,2H3/t19-,20-,23-/m1/s1. The minimum atomic E-state index is -0.521. The van der Waals surface area contributed by atoms with Gasteiger partial charge < -0.3 is 9.64 Å². The predicted molar refractivity (Wildman–Crippen MR) is 118 cm³/mol. The molecule has 0 bridgehead atoms. The summed E-state index contributed by atoms with van der Waals surface area (Å²) in [7, 11) is 1.87. The van der Waals surface area contributed by atoms with Crippen LogP contribution in [-0.2, 0) is 20.7 Å². The van der Waals surface area contributed by atoms with Gasteiger partial charge in [0.15, 0.2) is 0 Å². The van der Waals surface area contributed by atoms with E-state index in [-0.39, 0.29) is 30.4 Å². The fourth-order valence-corrected chi connectivity index (χ4v) is 5.59. The van der Waals surface area contributed by atoms with Crippen LogP contribution in [0, 0.1) is 0 Å². The molecule has 3 fully saturated rings. The topological polar surface area (TPSA) is 49.9 Å². The largest absolute Gasteiger partial charge is 0.455 e. The van der Waals surface area contributed by atoms with Crippen molar-refractivity contribution in [1.82, 2.24) is 9.80 Å². The van der Waals surface area contributed by atoms with Crippen molar-refractivity contribution in [2.24, 2.45) is 0 Å². The monoisotopic (exact) mass is 450 g/mol. The molecular weight excluding hydrogens is 423 g/mol. The summed E-state index contributed by atoms with van der Waals surface area (Å²) in [6.45, 7) is 6.00. The lowest BCUT2D eigenvalue weighted by Gasteiger charge is -2.48. The van der Waals surface area contributed by atoms with Gasteiger partial charge in [-0.25, -0.2) is 4.79 Å². The fourth-order valence-electron chi connectivity index (χ4n) is 5.27. The van der Waals surface area contributed by atoms with E-state index in [2.05, 4.69) is 11.5 Å². The van der Waals surface area contributed by atoms with Gasteiger partial charge in [0, 0.05) is 31.5 Å². The number of ether oxygens (including phenoxy) is 1. The smallest absolute Gasteiger partial charge is 0.334 e. The molecule has 1 spiro atoms. The van der Waals surface area contributed by atoms with Gasteiger partial charge in [-0.05, 0) is 56.5 Å². The summed E-state index contributed by atoms with van der Waals surface area (Å²) in [5.74, 6) is -0.263. The number of nitrogens with zero attached hydrogens (tertiary/aromatic N) is 2. The molecule has 0 radical (unpaired) electrons. The third-order valence-corrected chi connectivity index (χ3v) is 7.63. The molecule has 162 valence electrons. The maximum absolute atomic E-state index is 13.2. The number of hydrogen-bond donors (Lipinski definition) is 0. The molecule has 4 rings (SSSR count). The van der Waals surface area contributed by atoms with Crippen molar-refractivity contribution < 1.29 is 14.3 Å². The van der Waals surface area contributed by atoms with Gasteiger partial charge in [-0.2, -0.15) is 0 Å². The van der Waals surface area contributed by atoms with E-state index in [0.717, 1.165) is 31.5 Å². The number of carbonyl (C=O) groups is 2. The minimum absolute atomic E-state index is 0.00850. The molecule has 5 nitrogen and oxygen atoms in total. The summed E-state index contributed by atoms with van der Waals surface area (Å²) in [4.78, 5) is 29.6. The van der Waals surface area contributed by atoms with Crippen LogP contribution in [0.3, 0.4) is 0 Å². The van der Waals surface area contributed by atoms with Gasteiger partial charge >= 0.3 is 5.97 Å². The van der Waals surface area contributed by atoms with Crippen molar-refractivity contribution in [3.05, 3.63) is 46.0 Å². The summed E-state index contributed by atoms with van der Waals surface area (Å²) in [5.41, 5.74) is 0.857. The van der Waals surface area contributed by atoms with Crippen molar-refractivity contribution in [3.8, 4) is 0 Å². The number of likely N-dealkylation sites (tertiary alicyclic amines) is 1. The number of carbonyl (C=O) groups excluding carboxylic acids is 2. The van der Waals surface area contributed by atoms with Crippen molar-refractivity contribution in [2.45, 2.75) is 62.6 Å². The lowest BCUT2D eigenvalue weighted by Crippen LogP contribution is -2.58. The van der Waals surface area contributed by atoms with Crippen LogP contribution in [0.4, 0.5) is 0 Å². The highest BCUT2D eigenvalue weighted by Gasteiger charge is 2.51. The Morgan fingerprint density at radius 2 is 2.03 bits per heavy atom. The van der Waals surface area contributed by atoms with E-state index < -0.39 is 5.60 Å². The summed E-state index contributed by atoms with van der Waals surface area (Å²) in [6, 6.07) is 5.58. The molecule has 3 aliphatic rings. The molecular formula is C23H28Cl2N2O3. The Morgan fingerprint density at radius 1 is 1.30 bits per heavy atom. The van der Waals surface area contributed by atoms with Gasteiger partial charge in [-0.3, -0.25) is 9.69 Å². The molecule has 1 aliphatic carbocycles. The van der Waals surface area contributed by atoms with E-state index >= 15 is 0 Å². The number of halogens is 2. The Hall–Kier alpha value is -1.56. The highest BCUT2D eigenvalue weighted by atomic mass is 35.5. The van der Waals surface area contributed by atoms with Crippen molar-refractivity contribution in [3.63, 3.8) is 0 Å². The van der Waals surface area contributed by atoms with Gasteiger partial charge in [-0.15, -0.1) is 0 Å². The van der Waals surface area contributed by atoms with Crippen LogP contribution in [0.5, 0.6) is 0 Å². The van der Waals surface area contributed by atoms with E-state index in [1.54, 1.807) is 12.1 Å². The maximum Gasteiger partial charge on any atom is 0.334 e. The molecule has 2 heterocycles. The minimum Gasteiger partial charge on any atom is -0.455 e. The van der Waals surface area contributed by atoms with E-state index in [4.69, 9.17) is 27.9 Å². The van der Waals surface area contributed by atoms with Crippen LogP contribution in [0.1, 0.15) is 44.1 Å². The Morgan fingerprint density at radius 3 is 2.67 bits per heavy atom. The van der Waals surface area contributed by atoms with Gasteiger partial charge in [0.05, 0.1) is 22.5 Å². The van der Waals surface area contributed by atoms with E-state index in [0.29, 0.717) is 28.5 Å². The quantitative estimate of drug-likeness (QED) is 0.507. The second-order valence-electron chi connectivity index (χ2n) is 8.90. The molecule has 0 unspecified atom stereocenters. The highest BCUT2D eigenvalue weighted by Crippen LogP contribution is 2.44. The number of esters is 1. The van der Waals surface area contributed by atoms with Crippen LogP contribution >= 0.6 is 23.2 Å². The average molecular weight is 451 g/mol. The molecule has 30 heavy (non-hydrogen) atoms. The Balaban J connectivity index is 1.54. The zero-order valence-corrected chi connectivity index (χ0v) is 18.8. The van der Waals surface area contributed by atoms with E-state index in [1.807, 2.05) is 18.0 Å². The summed E-state index contributed by atoms with van der Waals surface area (Å²) in [5, 5.41) is 0.931. The summed E-state index contributed by atoms with van der Waals surface area (Å²) in [6.07, 6.45) is 5.60. The molecule has 3 atom stereocenters. The normalized spacial score (nSPS) is 29.4. The lowest BCUT2D eigenvalue weighted by atomic mass is 9.75. The molecule has 1 aromatic rings. The van der Waals surface area contributed by atoms with Crippen molar-refractivity contribution >= 4 is 35.1 Å². The average Bonchev–Trinajstić information content (AvgIpc) is 3.33. The highest BCUT2D eigenvalue weighted by molar-refractivity contribution is 6.42. The fraction of sp³-hybridized carbons (Fsp3) is 0.565. The van der Waals surface area contributed by atoms with Gasteiger partial charge in [0.1, 0.15) is 5.60 Å². The van der Waals surface area contributed by atoms with Gasteiger partial charge in [-0.1, -0.05) is 35.8 Å². The zero-order valence-electron chi connectivity index (χ0n) is 17.3. The van der Waals surface area contributed by atoms with E-state index in [9.17, 15) is 9.59 Å². The number of likely N-dealkylation sites (N-methyl/N-ethyl adjacent to an activating group) is 1. The first-order valence-corrected chi connectivity index (χ1v) is 11.4. The first kappa shape index (κ1) is 21.7. The molecule has 2 saturated heterocycles. The van der Waals surface area contributed by atoms with Crippen molar-refractivity contribution in [2.75, 3.05) is 20.1 Å². The van der Waals surface area contributed by atoms with Crippen molar-refractivity contribution in [1.29, 1.82) is 0 Å². The zero-order chi connectivity index (χ0) is 21.5. The Kier molecular flexibility index (Phi) is 6.16. The molecule has 2 aliphatic heterocycles. The molecule has 1 aromatic carbocycles. The number of benzene rings is 1. The predicted octanol–water partition coefficient (Wildman–Crippen LogP) is 4.25. The number of rotatable bonds is 4. The third-order valence-electron chi connectivity index (χ3n) is 6.89. The SMILES string of the molecule is C=C1C[C@@]2(CC[C@@H](N3CCCC3)[C@H](N(C)C(=O)Cc3ccc(Cl)c(Cl)c3)C2)OC1=O. The molecule has 0 aromatic heterocycles. The molecule has 0 N–H and O–H groups in total. The molecule has 1 amide bonds. The second kappa shape index (κ2) is 8.52. The van der Waals surface area contributed by atoms with Crippen LogP contribution in [0.15, 0.2) is 30.4 Å². The van der Waals surface area contributed by atoms with E-state index in [1.165, 1.54) is 12.8 Å². The molecule has 7 heteroatoms. The first-order chi connectivity index (χ1) is 14.3. The summed E-state index contributed by atoms with van der Waals surface area (Å²) < 4.78 is 5.79. The van der Waals surface area contributed by atoms with Crippen LogP contribution in [-0.4, -0.2) is 59.5 Å². The lowest BCUT2D eigenvalue weighted by molar-refractivity contribution is -0.154. The molecule has 1 saturated carbocycles. The number of hydrogen-bond acceptors (Lipinski definition) is 4. The van der Waals surface area contributed by atoms with Gasteiger partial charge in [0.25, 0.3) is 0 Å². The second-order valence-corrected chi connectivity index (χ2v) is 9.72. The van der Waals surface area contributed by atoms with Crippen LogP contribution in [0.25, 0.3) is 0 Å². The first-order valence-electron chi connectivity index (χ1n) is 10.6. The number of amides is 1. The maximum atomic E-state index is 13.2. The van der Waals surface area contributed by atoms with Crippen LogP contribution < -0.4 is 0 Å². The third kappa shape index (κ3) is 4.25.